The van der Waals surface area contributed by atoms with E-state index in [1.54, 1.807) is 0 Å². The van der Waals surface area contributed by atoms with Crippen molar-refractivity contribution in [2.24, 2.45) is 0 Å². The van der Waals surface area contributed by atoms with Gasteiger partial charge in [-0.2, -0.15) is 0 Å². The second-order valence-electron chi connectivity index (χ2n) is 4.10. The van der Waals surface area contributed by atoms with E-state index in [9.17, 15) is 9.59 Å². The molecule has 1 aliphatic heterocycles. The second kappa shape index (κ2) is 4.99. The molecule has 1 aromatic rings. The SMILES string of the molecule is CC(=O)C(=O)NCCc1ccc2c(c1)CCO2. The molecule has 0 saturated heterocycles. The number of ether oxygens (including phenoxy) is 1. The molecule has 0 aliphatic carbocycles. The van der Waals surface area contributed by atoms with E-state index in [1.165, 1.54) is 12.5 Å². The zero-order valence-electron chi connectivity index (χ0n) is 9.79. The number of amides is 1. The first-order valence-electron chi connectivity index (χ1n) is 5.70. The van der Waals surface area contributed by atoms with Crippen LogP contribution in [0.15, 0.2) is 18.2 Å². The number of ketones is 1. The summed E-state index contributed by atoms with van der Waals surface area (Å²) in [4.78, 5) is 21.8. The molecule has 90 valence electrons. The fourth-order valence-corrected chi connectivity index (χ4v) is 1.84. The zero-order valence-corrected chi connectivity index (χ0v) is 9.79. The van der Waals surface area contributed by atoms with Crippen LogP contribution in [0.4, 0.5) is 0 Å². The number of carbonyl (C=O) groups is 2. The molecule has 0 spiro atoms. The highest BCUT2D eigenvalue weighted by Gasteiger charge is 2.12. The van der Waals surface area contributed by atoms with Gasteiger partial charge in [-0.1, -0.05) is 12.1 Å². The first-order valence-corrected chi connectivity index (χ1v) is 5.70. The summed E-state index contributed by atoms with van der Waals surface area (Å²) in [6.45, 7) is 2.50. The number of fused-ring (bicyclic) bond motifs is 1. The molecule has 17 heavy (non-hydrogen) atoms. The van der Waals surface area contributed by atoms with Crippen molar-refractivity contribution in [2.45, 2.75) is 19.8 Å². The van der Waals surface area contributed by atoms with Crippen molar-refractivity contribution in [3.05, 3.63) is 29.3 Å². The number of rotatable bonds is 4. The molecule has 1 aliphatic rings. The van der Waals surface area contributed by atoms with Gasteiger partial charge in [0.05, 0.1) is 6.61 Å². The van der Waals surface area contributed by atoms with Crippen LogP contribution in [0.25, 0.3) is 0 Å². The Hall–Kier alpha value is -1.84. The molecule has 1 aromatic carbocycles. The van der Waals surface area contributed by atoms with E-state index in [1.807, 2.05) is 12.1 Å². The molecule has 2 rings (SSSR count). The predicted molar refractivity (Wildman–Crippen MR) is 63.0 cm³/mol. The van der Waals surface area contributed by atoms with Gasteiger partial charge in [-0.15, -0.1) is 0 Å². The molecule has 1 N–H and O–H groups in total. The lowest BCUT2D eigenvalue weighted by molar-refractivity contribution is -0.136. The van der Waals surface area contributed by atoms with Gasteiger partial charge in [0.15, 0.2) is 0 Å². The number of benzene rings is 1. The molecule has 1 heterocycles. The van der Waals surface area contributed by atoms with Gasteiger partial charge >= 0.3 is 0 Å². The Labute approximate surface area is 100.0 Å². The van der Waals surface area contributed by atoms with Crippen LogP contribution in [0.5, 0.6) is 5.75 Å². The molecule has 0 atom stereocenters. The molecule has 4 nitrogen and oxygen atoms in total. The molecule has 0 saturated carbocycles. The van der Waals surface area contributed by atoms with E-state index >= 15 is 0 Å². The number of carbonyl (C=O) groups excluding carboxylic acids is 2. The Balaban J connectivity index is 1.87. The van der Waals surface area contributed by atoms with E-state index in [-0.39, 0.29) is 0 Å². The van der Waals surface area contributed by atoms with E-state index in [0.29, 0.717) is 6.54 Å². The average Bonchev–Trinajstić information content (AvgIpc) is 2.75. The Morgan fingerprint density at radius 1 is 1.41 bits per heavy atom. The van der Waals surface area contributed by atoms with Crippen LogP contribution >= 0.6 is 0 Å². The highest BCUT2D eigenvalue weighted by molar-refractivity contribution is 6.35. The molecule has 0 fully saturated rings. The molecule has 0 unspecified atom stereocenters. The van der Waals surface area contributed by atoms with Crippen LogP contribution in [-0.2, 0) is 22.4 Å². The fourth-order valence-electron chi connectivity index (χ4n) is 1.84. The summed E-state index contributed by atoms with van der Waals surface area (Å²) in [7, 11) is 0. The maximum atomic E-state index is 11.0. The third kappa shape index (κ3) is 2.84. The first kappa shape index (κ1) is 11.6. The summed E-state index contributed by atoms with van der Waals surface area (Å²) in [5.41, 5.74) is 2.37. The van der Waals surface area contributed by atoms with Crippen LogP contribution in [0, 0.1) is 0 Å². The molecule has 0 aromatic heterocycles. The topological polar surface area (TPSA) is 55.4 Å². The van der Waals surface area contributed by atoms with E-state index < -0.39 is 11.7 Å². The molecule has 1 amide bonds. The maximum Gasteiger partial charge on any atom is 0.287 e. The highest BCUT2D eigenvalue weighted by atomic mass is 16.5. The first-order chi connectivity index (χ1) is 8.16. The summed E-state index contributed by atoms with van der Waals surface area (Å²) < 4.78 is 5.41. The summed E-state index contributed by atoms with van der Waals surface area (Å²) in [6.07, 6.45) is 1.68. The van der Waals surface area contributed by atoms with E-state index in [4.69, 9.17) is 4.74 Å². The van der Waals surface area contributed by atoms with Crippen molar-refractivity contribution >= 4 is 11.7 Å². The second-order valence-corrected chi connectivity index (χ2v) is 4.10. The van der Waals surface area contributed by atoms with Gasteiger partial charge in [0.25, 0.3) is 5.91 Å². The average molecular weight is 233 g/mol. The van der Waals surface area contributed by atoms with Gasteiger partial charge in [-0.3, -0.25) is 9.59 Å². The van der Waals surface area contributed by atoms with Gasteiger partial charge in [0.1, 0.15) is 5.75 Å². The zero-order chi connectivity index (χ0) is 12.3. The molecule has 0 bridgehead atoms. The van der Waals surface area contributed by atoms with Crippen LogP contribution < -0.4 is 10.1 Å². The number of hydrogen-bond acceptors (Lipinski definition) is 3. The molecule has 4 heteroatoms. The van der Waals surface area contributed by atoms with Gasteiger partial charge < -0.3 is 10.1 Å². The minimum atomic E-state index is -0.519. The predicted octanol–water partition coefficient (Wildman–Crippen LogP) is 0.869. The standard InChI is InChI=1S/C13H15NO3/c1-9(15)13(16)14-6-4-10-2-3-12-11(8-10)5-7-17-12/h2-3,8H,4-7H2,1H3,(H,14,16). The fraction of sp³-hybridized carbons (Fsp3) is 0.385. The molecule has 0 radical (unpaired) electrons. The maximum absolute atomic E-state index is 11.0. The molecular formula is C13H15NO3. The lowest BCUT2D eigenvalue weighted by Crippen LogP contribution is -2.30. The largest absolute Gasteiger partial charge is 0.493 e. The normalized spacial score (nSPS) is 12.8. The minimum absolute atomic E-state index is 0.452. The van der Waals surface area contributed by atoms with Crippen molar-refractivity contribution in [1.82, 2.24) is 5.32 Å². The van der Waals surface area contributed by atoms with Crippen LogP contribution in [0.2, 0.25) is 0 Å². The summed E-state index contributed by atoms with van der Waals surface area (Å²) >= 11 is 0. The highest BCUT2D eigenvalue weighted by Crippen LogP contribution is 2.25. The lowest BCUT2D eigenvalue weighted by Gasteiger charge is -2.05. The quantitative estimate of drug-likeness (QED) is 0.785. The summed E-state index contributed by atoms with van der Waals surface area (Å²) in [5, 5.41) is 2.58. The molecular weight excluding hydrogens is 218 g/mol. The van der Waals surface area contributed by atoms with Crippen molar-refractivity contribution in [3.8, 4) is 5.75 Å². The Kier molecular flexibility index (Phi) is 3.42. The van der Waals surface area contributed by atoms with Crippen LogP contribution in [0.1, 0.15) is 18.1 Å². The monoisotopic (exact) mass is 233 g/mol. The lowest BCUT2D eigenvalue weighted by atomic mass is 10.1. The van der Waals surface area contributed by atoms with Gasteiger partial charge in [0, 0.05) is 19.9 Å². The van der Waals surface area contributed by atoms with Crippen LogP contribution in [-0.4, -0.2) is 24.8 Å². The van der Waals surface area contributed by atoms with E-state index in [2.05, 4.69) is 11.4 Å². The Bertz CT molecular complexity index is 454. The minimum Gasteiger partial charge on any atom is -0.493 e. The summed E-state index contributed by atoms with van der Waals surface area (Å²) in [6, 6.07) is 6.05. The van der Waals surface area contributed by atoms with Gasteiger partial charge in [0.2, 0.25) is 5.78 Å². The van der Waals surface area contributed by atoms with E-state index in [0.717, 1.165) is 30.8 Å². The van der Waals surface area contributed by atoms with Crippen molar-refractivity contribution in [2.75, 3.05) is 13.2 Å². The number of hydrogen-bond donors (Lipinski definition) is 1. The third-order valence-corrected chi connectivity index (χ3v) is 2.77. The van der Waals surface area contributed by atoms with Crippen molar-refractivity contribution in [1.29, 1.82) is 0 Å². The van der Waals surface area contributed by atoms with Crippen molar-refractivity contribution in [3.63, 3.8) is 0 Å². The Morgan fingerprint density at radius 3 is 3.00 bits per heavy atom. The van der Waals surface area contributed by atoms with Gasteiger partial charge in [-0.25, -0.2) is 0 Å². The smallest absolute Gasteiger partial charge is 0.287 e. The summed E-state index contributed by atoms with van der Waals surface area (Å²) in [5.74, 6) is -0.0108. The number of nitrogens with one attached hydrogen (secondary N) is 1. The number of Topliss-reactive ketones (excluding diaryl/α,β-unsaturated/α-hetero) is 1. The van der Waals surface area contributed by atoms with Crippen molar-refractivity contribution < 1.29 is 14.3 Å². The third-order valence-electron chi connectivity index (χ3n) is 2.77. The Morgan fingerprint density at radius 2 is 2.24 bits per heavy atom. The van der Waals surface area contributed by atoms with Crippen LogP contribution in [0.3, 0.4) is 0 Å². The van der Waals surface area contributed by atoms with Gasteiger partial charge in [-0.05, 0) is 23.6 Å².